The van der Waals surface area contributed by atoms with Crippen LogP contribution < -0.4 is 16.0 Å². The fourth-order valence-electron chi connectivity index (χ4n) is 8.20. The largest absolute Gasteiger partial charge is 0.469 e. The van der Waals surface area contributed by atoms with E-state index in [9.17, 15) is 19.2 Å². The summed E-state index contributed by atoms with van der Waals surface area (Å²) in [6.45, 7) is 14.1. The third kappa shape index (κ3) is 9.62. The molecule has 0 fully saturated rings. The monoisotopic (exact) mass is 784 g/mol. The topological polar surface area (TPSA) is 194 Å². The first-order valence-corrected chi connectivity index (χ1v) is 20.1. The van der Waals surface area contributed by atoms with Crippen molar-refractivity contribution in [3.8, 4) is 0 Å². The van der Waals surface area contributed by atoms with E-state index >= 15 is 0 Å². The maximum atomic E-state index is 14.3. The second-order valence-corrected chi connectivity index (χ2v) is 15.6. The highest BCUT2D eigenvalue weighted by Gasteiger charge is 2.34. The Balaban J connectivity index is 1.85. The smallest absolute Gasteiger partial charge is 0.310 e. The molecule has 2 aliphatic heterocycles. The van der Waals surface area contributed by atoms with Gasteiger partial charge in [0.1, 0.15) is 0 Å². The molecule has 2 amide bonds. The summed E-state index contributed by atoms with van der Waals surface area (Å²) in [5.74, 6) is -1.37. The van der Waals surface area contributed by atoms with Gasteiger partial charge >= 0.3 is 5.97 Å². The van der Waals surface area contributed by atoms with Crippen LogP contribution in [-0.2, 0) is 20.7 Å². The molecule has 14 heteroatoms. The van der Waals surface area contributed by atoms with E-state index in [0.717, 1.165) is 28.9 Å². The highest BCUT2D eigenvalue weighted by atomic mass is 16.5. The molecule has 0 aromatic carbocycles. The number of ketones is 1. The third-order valence-electron chi connectivity index (χ3n) is 11.5. The van der Waals surface area contributed by atoms with Crippen LogP contribution >= 0.6 is 0 Å². The van der Waals surface area contributed by atoms with Crippen molar-refractivity contribution in [1.82, 2.24) is 40.8 Å². The number of Topliss-reactive ketones (excluding diaryl/α,β-unsaturated/α-hetero) is 1. The molecule has 5 rings (SSSR count). The number of hydrogen-bond donors (Lipinski definition) is 6. The van der Waals surface area contributed by atoms with Gasteiger partial charge in [-0.3, -0.25) is 29.1 Å². The summed E-state index contributed by atoms with van der Waals surface area (Å²) in [5, 5.41) is 18.2. The van der Waals surface area contributed by atoms with E-state index in [1.165, 1.54) is 7.11 Å². The zero-order valence-electron chi connectivity index (χ0n) is 34.9. The number of aliphatic hydroxyl groups is 1. The van der Waals surface area contributed by atoms with Crippen LogP contribution in [-0.4, -0.2) is 114 Å². The summed E-state index contributed by atoms with van der Waals surface area (Å²) in [7, 11) is 5.22. The van der Waals surface area contributed by atoms with Crippen molar-refractivity contribution in [3.05, 3.63) is 68.8 Å². The first-order chi connectivity index (χ1) is 27.2. The van der Waals surface area contributed by atoms with Crippen molar-refractivity contribution < 1.29 is 29.0 Å². The first-order valence-electron chi connectivity index (χ1n) is 20.1. The van der Waals surface area contributed by atoms with Crippen molar-refractivity contribution in [2.24, 2.45) is 0 Å². The van der Waals surface area contributed by atoms with Crippen LogP contribution in [0.25, 0.3) is 22.1 Å². The van der Waals surface area contributed by atoms with Crippen molar-refractivity contribution in [1.29, 1.82) is 0 Å². The number of ether oxygens (including phenoxy) is 1. The van der Waals surface area contributed by atoms with Gasteiger partial charge in [-0.25, -0.2) is 0 Å². The molecule has 3 aromatic heterocycles. The molecule has 308 valence electrons. The van der Waals surface area contributed by atoms with Crippen LogP contribution in [0.1, 0.15) is 131 Å². The van der Waals surface area contributed by atoms with Gasteiger partial charge in [0, 0.05) is 102 Å². The molecule has 4 atom stereocenters. The van der Waals surface area contributed by atoms with E-state index in [0.29, 0.717) is 89.3 Å². The predicted molar refractivity (Wildman–Crippen MR) is 222 cm³/mol. The SMILES string of the molecule is CC[C@H]1c2cc3[nH]c(c(CC(=O)OC)c4nc(cc5[nH]c(cc(n2)[C@@H]1C)c(C(C)=O)c5C)[C@@H](C)[C@@H]4CCC(=O)NCCNCCO)c(C(=O)NCCN(C)C)c3C. The van der Waals surface area contributed by atoms with Crippen molar-refractivity contribution in [3.63, 3.8) is 0 Å². The van der Waals surface area contributed by atoms with Gasteiger partial charge in [-0.1, -0.05) is 20.8 Å². The van der Waals surface area contributed by atoms with Gasteiger partial charge in [0.25, 0.3) is 5.91 Å². The Kier molecular flexibility index (Phi) is 14.4. The maximum Gasteiger partial charge on any atom is 0.310 e. The van der Waals surface area contributed by atoms with E-state index in [4.69, 9.17) is 19.8 Å². The van der Waals surface area contributed by atoms with Crippen LogP contribution in [0.5, 0.6) is 0 Å². The second kappa shape index (κ2) is 19.0. The van der Waals surface area contributed by atoms with Gasteiger partial charge in [-0.15, -0.1) is 0 Å². The van der Waals surface area contributed by atoms with Crippen molar-refractivity contribution in [2.75, 3.05) is 60.5 Å². The number of hydrogen-bond acceptors (Lipinski definition) is 10. The number of carbonyl (C=O) groups excluding carboxylic acids is 4. The number of carbonyl (C=O) groups is 4. The number of aromatic amines is 2. The lowest BCUT2D eigenvalue weighted by Crippen LogP contribution is -2.33. The number of aromatic nitrogens is 4. The van der Waals surface area contributed by atoms with E-state index in [-0.39, 0.29) is 60.7 Å². The summed E-state index contributed by atoms with van der Waals surface area (Å²) < 4.78 is 5.25. The van der Waals surface area contributed by atoms with E-state index in [2.05, 4.69) is 46.7 Å². The number of fused-ring (bicyclic) bond motifs is 8. The number of methoxy groups -OCH3 is 1. The summed E-state index contributed by atoms with van der Waals surface area (Å²) in [6, 6.07) is 5.94. The third-order valence-corrected chi connectivity index (χ3v) is 11.5. The van der Waals surface area contributed by atoms with Crippen LogP contribution in [0.3, 0.4) is 0 Å². The molecule has 0 saturated carbocycles. The Bertz CT molecular complexity index is 2150. The minimum Gasteiger partial charge on any atom is -0.469 e. The predicted octanol–water partition coefficient (Wildman–Crippen LogP) is 4.80. The summed E-state index contributed by atoms with van der Waals surface area (Å²) in [5.41, 5.74) is 8.62. The molecule has 5 heterocycles. The number of rotatable bonds is 16. The first kappa shape index (κ1) is 43.2. The number of aryl methyl sites for hydroxylation is 2. The standard InChI is InChI=1S/C43H60N8O6/c1-10-28-23(2)31-22-36-39(27(6)53)25(4)33(48-36)20-32-24(3)29(11-12-37(54)45-14-13-44-16-18-52)41(49-32)30(19-38(55)57-9)42-40(43(56)46-15-17-51(7)8)26(5)34(50-42)21-35(28)47-31/h20-24,28-29,44,48,50,52H,10-19H2,1-9H3,(H,45,54)(H,46,56)/t23-,24+,28-,29+/m1/s1. The molecule has 14 nitrogen and oxygen atoms in total. The van der Waals surface area contributed by atoms with Crippen LogP contribution in [0.15, 0.2) is 18.2 Å². The average Bonchev–Trinajstić information content (AvgIpc) is 3.85. The number of aliphatic hydroxyl groups excluding tert-OH is 1. The van der Waals surface area contributed by atoms with E-state index in [1.54, 1.807) is 6.92 Å². The molecule has 2 aliphatic rings. The van der Waals surface area contributed by atoms with Gasteiger partial charge in [-0.05, 0) is 77.0 Å². The summed E-state index contributed by atoms with van der Waals surface area (Å²) >= 11 is 0. The summed E-state index contributed by atoms with van der Waals surface area (Å²) in [6.07, 6.45) is 1.25. The van der Waals surface area contributed by atoms with Gasteiger partial charge in [0.2, 0.25) is 5.91 Å². The van der Waals surface area contributed by atoms with Gasteiger partial charge < -0.3 is 40.7 Å². The van der Waals surface area contributed by atoms with Gasteiger partial charge in [0.15, 0.2) is 5.78 Å². The minimum absolute atomic E-state index is 0.0134. The Morgan fingerprint density at radius 1 is 0.842 bits per heavy atom. The van der Waals surface area contributed by atoms with Crippen molar-refractivity contribution in [2.45, 2.75) is 90.9 Å². The number of likely N-dealkylation sites (N-methyl/N-ethyl adjacent to an activating group) is 1. The number of H-pyrrole nitrogens is 2. The second-order valence-electron chi connectivity index (χ2n) is 15.6. The highest BCUT2D eigenvalue weighted by Crippen LogP contribution is 2.43. The molecular formula is C43H60N8O6. The normalized spacial score (nSPS) is 17.8. The Morgan fingerprint density at radius 2 is 1.49 bits per heavy atom. The number of amides is 2. The zero-order valence-corrected chi connectivity index (χ0v) is 34.9. The molecule has 6 N–H and O–H groups in total. The molecule has 0 unspecified atom stereocenters. The lowest BCUT2D eigenvalue weighted by molar-refractivity contribution is -0.139. The average molecular weight is 785 g/mol. The lowest BCUT2D eigenvalue weighted by Gasteiger charge is -2.18. The lowest BCUT2D eigenvalue weighted by atomic mass is 9.85. The molecular weight excluding hydrogens is 725 g/mol. The molecule has 0 saturated heterocycles. The maximum absolute atomic E-state index is 14.3. The Hall–Kier alpha value is -4.92. The molecule has 0 radical (unpaired) electrons. The Labute approximate surface area is 335 Å². The fraction of sp³-hybridized carbons (Fsp3) is 0.535. The van der Waals surface area contributed by atoms with Crippen LogP contribution in [0.4, 0.5) is 0 Å². The van der Waals surface area contributed by atoms with E-state index in [1.807, 2.05) is 51.0 Å². The fourth-order valence-corrected chi connectivity index (χ4v) is 8.20. The molecule has 57 heavy (non-hydrogen) atoms. The minimum atomic E-state index is -0.499. The highest BCUT2D eigenvalue weighted by molar-refractivity contribution is 6.06. The number of nitrogens with zero attached hydrogens (tertiary/aromatic N) is 3. The number of esters is 1. The van der Waals surface area contributed by atoms with Gasteiger partial charge in [-0.2, -0.15) is 0 Å². The zero-order chi connectivity index (χ0) is 41.6. The molecule has 3 aromatic rings. The van der Waals surface area contributed by atoms with Crippen LogP contribution in [0, 0.1) is 13.8 Å². The quantitative estimate of drug-likeness (QED) is 0.0668. The molecule has 8 bridgehead atoms. The van der Waals surface area contributed by atoms with Crippen molar-refractivity contribution >= 4 is 45.6 Å². The number of nitrogens with one attached hydrogen (secondary N) is 5. The molecule has 0 spiro atoms. The van der Waals surface area contributed by atoms with Gasteiger partial charge in [0.05, 0.1) is 42.4 Å². The van der Waals surface area contributed by atoms with E-state index < -0.39 is 5.97 Å². The van der Waals surface area contributed by atoms with Crippen LogP contribution in [0.2, 0.25) is 0 Å². The summed E-state index contributed by atoms with van der Waals surface area (Å²) in [4.78, 5) is 73.4. The molecule has 0 aliphatic carbocycles. The Morgan fingerprint density at radius 3 is 2.16 bits per heavy atom.